The van der Waals surface area contributed by atoms with E-state index in [1.165, 1.54) is 9.47 Å². The molecule has 3 N–H and O–H groups in total. The van der Waals surface area contributed by atoms with Gasteiger partial charge in [0.1, 0.15) is 5.82 Å². The smallest absolute Gasteiger partial charge is 0.330 e. The number of ether oxygens (including phenoxy) is 1. The number of aryl methyl sites for hydroxylation is 1. The molecule has 2 rings (SSSR count). The van der Waals surface area contributed by atoms with E-state index in [1.54, 1.807) is 29.9 Å². The van der Waals surface area contributed by atoms with E-state index in [1.807, 2.05) is 13.8 Å². The number of hydrogen-bond acceptors (Lipinski definition) is 7. The molecule has 0 aliphatic heterocycles. The highest BCUT2D eigenvalue weighted by Crippen LogP contribution is 2.20. The number of anilines is 2. The summed E-state index contributed by atoms with van der Waals surface area (Å²) >= 11 is 0. The highest BCUT2D eigenvalue weighted by molar-refractivity contribution is 5.98. The predicted octanol–water partition coefficient (Wildman–Crippen LogP) is 1.99. The largest absolute Gasteiger partial charge is 0.457 e. The van der Waals surface area contributed by atoms with E-state index < -0.39 is 29.7 Å². The molecule has 0 spiro atoms. The van der Waals surface area contributed by atoms with Crippen molar-refractivity contribution < 1.29 is 19.1 Å². The minimum absolute atomic E-state index is 0.0761. The molecule has 0 saturated heterocycles. The Labute approximate surface area is 203 Å². The maximum atomic E-state index is 13.1. The van der Waals surface area contributed by atoms with Gasteiger partial charge in [0.2, 0.25) is 11.7 Å². The zero-order chi connectivity index (χ0) is 26.0. The molecule has 35 heavy (non-hydrogen) atoms. The van der Waals surface area contributed by atoms with Gasteiger partial charge < -0.3 is 19.9 Å². The van der Waals surface area contributed by atoms with Crippen molar-refractivity contribution >= 4 is 29.2 Å². The van der Waals surface area contributed by atoms with Crippen LogP contribution < -0.4 is 21.9 Å². The maximum absolute atomic E-state index is 13.1. The Morgan fingerprint density at radius 2 is 1.80 bits per heavy atom. The third-order valence-corrected chi connectivity index (χ3v) is 5.64. The number of ketones is 1. The second-order valence-corrected chi connectivity index (χ2v) is 8.34. The fraction of sp³-hybridized carbons (Fsp3) is 0.542. The van der Waals surface area contributed by atoms with E-state index in [0.29, 0.717) is 25.1 Å². The molecule has 0 aromatic carbocycles. The van der Waals surface area contributed by atoms with Gasteiger partial charge in [-0.2, -0.15) is 0 Å². The van der Waals surface area contributed by atoms with Gasteiger partial charge in [0.15, 0.2) is 12.3 Å². The second kappa shape index (κ2) is 13.3. The number of nitrogens with two attached hydrogens (primary N) is 1. The number of esters is 1. The Morgan fingerprint density at radius 1 is 1.09 bits per heavy atom. The van der Waals surface area contributed by atoms with Gasteiger partial charge in [-0.25, -0.2) is 4.79 Å². The molecule has 192 valence electrons. The number of unbranched alkanes of at least 4 members (excludes halogenated alkanes) is 3. The van der Waals surface area contributed by atoms with Crippen molar-refractivity contribution in [3.8, 4) is 0 Å². The molecular formula is C24H35N5O6. The minimum atomic E-state index is -0.749. The molecular weight excluding hydrogens is 454 g/mol. The Kier molecular flexibility index (Phi) is 10.5. The van der Waals surface area contributed by atoms with Crippen LogP contribution in [0.5, 0.6) is 0 Å². The number of amides is 1. The van der Waals surface area contributed by atoms with Crippen molar-refractivity contribution in [2.24, 2.45) is 7.05 Å². The molecule has 11 heteroatoms. The van der Waals surface area contributed by atoms with Gasteiger partial charge in [-0.1, -0.05) is 33.1 Å². The molecule has 1 amide bonds. The Morgan fingerprint density at radius 3 is 2.43 bits per heavy atom. The van der Waals surface area contributed by atoms with Gasteiger partial charge in [0.25, 0.3) is 5.56 Å². The van der Waals surface area contributed by atoms with E-state index in [2.05, 4.69) is 4.98 Å². The first-order valence-electron chi connectivity index (χ1n) is 11.9. The minimum Gasteiger partial charge on any atom is -0.457 e. The lowest BCUT2D eigenvalue weighted by Crippen LogP contribution is -2.41. The molecule has 0 saturated carbocycles. The molecule has 0 radical (unpaired) electrons. The molecule has 0 bridgehead atoms. The topological polar surface area (TPSA) is 149 Å². The van der Waals surface area contributed by atoms with Crippen LogP contribution in [0.25, 0.3) is 0 Å². The molecule has 2 aromatic rings. The van der Waals surface area contributed by atoms with Crippen LogP contribution >= 0.6 is 0 Å². The number of Topliss-reactive ketones (excluding diaryl/α,β-unsaturated/α-hetero) is 1. The number of carbonyl (C=O) groups excluding carboxylic acids is 3. The number of H-pyrrole nitrogens is 1. The van der Waals surface area contributed by atoms with Crippen LogP contribution in [0.15, 0.2) is 27.9 Å². The summed E-state index contributed by atoms with van der Waals surface area (Å²) in [5.41, 5.74) is 5.12. The first-order valence-corrected chi connectivity index (χ1v) is 11.9. The lowest BCUT2D eigenvalue weighted by Gasteiger charge is -2.24. The number of aromatic amines is 1. The van der Waals surface area contributed by atoms with Crippen molar-refractivity contribution in [2.75, 3.05) is 23.8 Å². The van der Waals surface area contributed by atoms with Crippen molar-refractivity contribution in [3.63, 3.8) is 0 Å². The van der Waals surface area contributed by atoms with E-state index in [-0.39, 0.29) is 36.7 Å². The SMILES string of the molecule is CCCCCN(C(=O)CCC(=O)OCC(=O)c1cccn1C)c1c(N)n(CCCC)c(=O)[nH]c1=O. The van der Waals surface area contributed by atoms with E-state index >= 15 is 0 Å². The highest BCUT2D eigenvalue weighted by atomic mass is 16.5. The van der Waals surface area contributed by atoms with E-state index in [9.17, 15) is 24.0 Å². The Bertz CT molecular complexity index is 1150. The first-order chi connectivity index (χ1) is 16.7. The summed E-state index contributed by atoms with van der Waals surface area (Å²) in [4.78, 5) is 65.8. The number of nitrogen functional groups attached to an aromatic ring is 1. The third-order valence-electron chi connectivity index (χ3n) is 5.64. The third kappa shape index (κ3) is 7.43. The molecule has 0 fully saturated rings. The van der Waals surface area contributed by atoms with Gasteiger partial charge >= 0.3 is 11.7 Å². The van der Waals surface area contributed by atoms with Crippen LogP contribution in [0.4, 0.5) is 11.5 Å². The molecule has 2 heterocycles. The summed E-state index contributed by atoms with van der Waals surface area (Å²) in [7, 11) is 1.71. The summed E-state index contributed by atoms with van der Waals surface area (Å²) < 4.78 is 7.91. The van der Waals surface area contributed by atoms with Gasteiger partial charge in [0.05, 0.1) is 12.1 Å². The average Bonchev–Trinajstić information content (AvgIpc) is 3.25. The van der Waals surface area contributed by atoms with Gasteiger partial charge in [-0.3, -0.25) is 28.7 Å². The summed E-state index contributed by atoms with van der Waals surface area (Å²) in [6.07, 6.45) is 5.02. The van der Waals surface area contributed by atoms with E-state index in [4.69, 9.17) is 10.5 Å². The number of nitrogens with one attached hydrogen (secondary N) is 1. The molecule has 2 aromatic heterocycles. The Balaban J connectivity index is 2.13. The van der Waals surface area contributed by atoms with Crippen LogP contribution in [0.2, 0.25) is 0 Å². The fourth-order valence-corrected chi connectivity index (χ4v) is 3.64. The zero-order valence-corrected chi connectivity index (χ0v) is 20.7. The molecule has 11 nitrogen and oxygen atoms in total. The zero-order valence-electron chi connectivity index (χ0n) is 20.7. The molecule has 0 aliphatic carbocycles. The quantitative estimate of drug-likeness (QED) is 0.234. The second-order valence-electron chi connectivity index (χ2n) is 8.34. The van der Waals surface area contributed by atoms with Crippen LogP contribution in [0.3, 0.4) is 0 Å². The van der Waals surface area contributed by atoms with Crippen LogP contribution in [-0.2, 0) is 27.9 Å². The van der Waals surface area contributed by atoms with Gasteiger partial charge in [-0.05, 0) is 25.0 Å². The lowest BCUT2D eigenvalue weighted by atomic mass is 10.2. The van der Waals surface area contributed by atoms with Crippen molar-refractivity contribution in [2.45, 2.75) is 65.3 Å². The molecule has 0 unspecified atom stereocenters. The highest BCUT2D eigenvalue weighted by Gasteiger charge is 2.24. The van der Waals surface area contributed by atoms with Crippen molar-refractivity contribution in [3.05, 3.63) is 44.9 Å². The van der Waals surface area contributed by atoms with Crippen LogP contribution in [0, 0.1) is 0 Å². The molecule has 0 aliphatic rings. The number of carbonyl (C=O) groups is 3. The van der Waals surface area contributed by atoms with Crippen LogP contribution in [0.1, 0.15) is 69.3 Å². The van der Waals surface area contributed by atoms with Gasteiger partial charge in [0, 0.05) is 32.8 Å². The monoisotopic (exact) mass is 489 g/mol. The average molecular weight is 490 g/mol. The summed E-state index contributed by atoms with van der Waals surface area (Å²) in [5.74, 6) is -1.63. The number of nitrogens with zero attached hydrogens (tertiary/aromatic N) is 3. The van der Waals surface area contributed by atoms with E-state index in [0.717, 1.165) is 19.3 Å². The van der Waals surface area contributed by atoms with Crippen LogP contribution in [-0.4, -0.2) is 44.9 Å². The summed E-state index contributed by atoms with van der Waals surface area (Å²) in [5, 5.41) is 0. The number of hydrogen-bond donors (Lipinski definition) is 2. The lowest BCUT2D eigenvalue weighted by molar-refractivity contribution is -0.143. The number of rotatable bonds is 14. The summed E-state index contributed by atoms with van der Waals surface area (Å²) in [6.45, 7) is 4.06. The van der Waals surface area contributed by atoms with Gasteiger partial charge in [-0.15, -0.1) is 0 Å². The standard InChI is InChI=1S/C24H35N5O6/c1-4-6-8-15-28(21-22(25)29(14-7-5-2)24(34)26-23(21)33)19(31)11-12-20(32)35-16-18(30)17-10-9-13-27(17)3/h9-10,13H,4-8,11-12,14-16,25H2,1-3H3,(H,26,33,34). The molecule has 0 atom stereocenters. The Hall–Kier alpha value is -3.63. The maximum Gasteiger partial charge on any atom is 0.330 e. The fourth-order valence-electron chi connectivity index (χ4n) is 3.64. The van der Waals surface area contributed by atoms with Crippen molar-refractivity contribution in [1.29, 1.82) is 0 Å². The normalized spacial score (nSPS) is 10.8. The first kappa shape index (κ1) is 27.6. The summed E-state index contributed by atoms with van der Waals surface area (Å²) in [6, 6.07) is 3.33. The number of aromatic nitrogens is 3. The van der Waals surface area contributed by atoms with Crippen molar-refractivity contribution in [1.82, 2.24) is 14.1 Å². The predicted molar refractivity (Wildman–Crippen MR) is 132 cm³/mol.